The van der Waals surface area contributed by atoms with Gasteiger partial charge in [0.1, 0.15) is 18.2 Å². The molecule has 3 rings (SSSR count). The first-order chi connectivity index (χ1) is 12.7. The molecule has 0 unspecified atom stereocenters. The van der Waals surface area contributed by atoms with E-state index in [0.29, 0.717) is 19.7 Å². The Morgan fingerprint density at radius 1 is 1.12 bits per heavy atom. The maximum absolute atomic E-state index is 12.1. The summed E-state index contributed by atoms with van der Waals surface area (Å²) < 4.78 is 5.62. The fraction of sp³-hybridized carbons (Fsp3) is 0.400. The van der Waals surface area contributed by atoms with E-state index in [1.165, 1.54) is 5.56 Å². The van der Waals surface area contributed by atoms with Gasteiger partial charge in [-0.2, -0.15) is 0 Å². The molecule has 0 saturated carbocycles. The van der Waals surface area contributed by atoms with E-state index in [1.807, 2.05) is 55.6 Å². The number of benzene rings is 1. The summed E-state index contributed by atoms with van der Waals surface area (Å²) in [6.07, 6.45) is 1.81. The van der Waals surface area contributed by atoms with Crippen LogP contribution < -0.4 is 15.0 Å². The molecule has 1 aromatic heterocycles. The SMILES string of the molecule is Cc1ccc(OCCNC(=O)CN2CCN(c3ccccn3)CC2)cc1. The molecule has 1 amide bonds. The van der Waals surface area contributed by atoms with E-state index in [-0.39, 0.29) is 5.91 Å². The van der Waals surface area contributed by atoms with Crippen LogP contribution in [0.15, 0.2) is 48.7 Å². The van der Waals surface area contributed by atoms with Crippen LogP contribution in [0.2, 0.25) is 0 Å². The predicted octanol–water partition coefficient (Wildman–Crippen LogP) is 1.71. The quantitative estimate of drug-likeness (QED) is 0.767. The second-order valence-corrected chi connectivity index (χ2v) is 6.46. The van der Waals surface area contributed by atoms with Crippen LogP contribution in [0.25, 0.3) is 0 Å². The zero-order valence-electron chi connectivity index (χ0n) is 15.2. The molecule has 1 aliphatic rings. The smallest absolute Gasteiger partial charge is 0.234 e. The van der Waals surface area contributed by atoms with Gasteiger partial charge in [0, 0.05) is 32.4 Å². The molecule has 6 heteroatoms. The molecule has 1 aliphatic heterocycles. The molecule has 0 spiro atoms. The number of hydrogen-bond acceptors (Lipinski definition) is 5. The van der Waals surface area contributed by atoms with Crippen LogP contribution in [0, 0.1) is 6.92 Å². The minimum absolute atomic E-state index is 0.0452. The molecule has 138 valence electrons. The second-order valence-electron chi connectivity index (χ2n) is 6.46. The molecule has 0 bridgehead atoms. The van der Waals surface area contributed by atoms with E-state index in [2.05, 4.69) is 20.1 Å². The molecule has 0 radical (unpaired) electrons. The zero-order valence-corrected chi connectivity index (χ0v) is 15.2. The van der Waals surface area contributed by atoms with Crippen molar-refractivity contribution in [3.05, 3.63) is 54.2 Å². The van der Waals surface area contributed by atoms with Gasteiger partial charge < -0.3 is 15.0 Å². The first kappa shape index (κ1) is 18.2. The van der Waals surface area contributed by atoms with Gasteiger partial charge in [0.2, 0.25) is 5.91 Å². The van der Waals surface area contributed by atoms with Gasteiger partial charge in [0.25, 0.3) is 0 Å². The molecule has 2 aromatic rings. The summed E-state index contributed by atoms with van der Waals surface area (Å²) in [5.41, 5.74) is 1.20. The van der Waals surface area contributed by atoms with Gasteiger partial charge in [-0.15, -0.1) is 0 Å². The Labute approximate surface area is 154 Å². The van der Waals surface area contributed by atoms with Crippen LogP contribution in [0.4, 0.5) is 5.82 Å². The number of pyridine rings is 1. The maximum Gasteiger partial charge on any atom is 0.234 e. The van der Waals surface area contributed by atoms with E-state index in [9.17, 15) is 4.79 Å². The zero-order chi connectivity index (χ0) is 18.2. The molecule has 1 N–H and O–H groups in total. The Bertz CT molecular complexity index is 683. The largest absolute Gasteiger partial charge is 0.492 e. The Hall–Kier alpha value is -2.60. The fourth-order valence-electron chi connectivity index (χ4n) is 2.93. The Balaban J connectivity index is 1.31. The third-order valence-electron chi connectivity index (χ3n) is 4.43. The van der Waals surface area contributed by atoms with Gasteiger partial charge in [0.15, 0.2) is 0 Å². The first-order valence-corrected chi connectivity index (χ1v) is 9.05. The minimum atomic E-state index is 0.0452. The Kier molecular flexibility index (Phi) is 6.44. The van der Waals surface area contributed by atoms with Crippen LogP contribution >= 0.6 is 0 Å². The molecule has 1 saturated heterocycles. The van der Waals surface area contributed by atoms with Crippen LogP contribution in [0.5, 0.6) is 5.75 Å². The van der Waals surface area contributed by atoms with Crippen molar-refractivity contribution in [1.82, 2.24) is 15.2 Å². The van der Waals surface area contributed by atoms with E-state index >= 15 is 0 Å². The summed E-state index contributed by atoms with van der Waals surface area (Å²) in [7, 11) is 0. The molecule has 2 heterocycles. The fourth-order valence-corrected chi connectivity index (χ4v) is 2.93. The van der Waals surface area contributed by atoms with Crippen LogP contribution in [0.1, 0.15) is 5.56 Å². The van der Waals surface area contributed by atoms with Gasteiger partial charge in [-0.3, -0.25) is 9.69 Å². The molecule has 0 aliphatic carbocycles. The summed E-state index contributed by atoms with van der Waals surface area (Å²) in [4.78, 5) is 20.9. The van der Waals surface area contributed by atoms with E-state index < -0.39 is 0 Å². The number of piperazine rings is 1. The van der Waals surface area contributed by atoms with Crippen molar-refractivity contribution < 1.29 is 9.53 Å². The van der Waals surface area contributed by atoms with Crippen molar-refractivity contribution in [3.8, 4) is 5.75 Å². The van der Waals surface area contributed by atoms with Crippen molar-refractivity contribution in [1.29, 1.82) is 0 Å². The number of carbonyl (C=O) groups is 1. The number of nitrogens with zero attached hydrogens (tertiary/aromatic N) is 3. The summed E-state index contributed by atoms with van der Waals surface area (Å²) in [6, 6.07) is 13.9. The number of ether oxygens (including phenoxy) is 1. The van der Waals surface area contributed by atoms with Crippen molar-refractivity contribution in [2.24, 2.45) is 0 Å². The van der Waals surface area contributed by atoms with E-state index in [0.717, 1.165) is 37.7 Å². The maximum atomic E-state index is 12.1. The van der Waals surface area contributed by atoms with Crippen LogP contribution in [-0.2, 0) is 4.79 Å². The van der Waals surface area contributed by atoms with Crippen molar-refractivity contribution in [2.45, 2.75) is 6.92 Å². The number of carbonyl (C=O) groups excluding carboxylic acids is 1. The van der Waals surface area contributed by atoms with Gasteiger partial charge in [-0.1, -0.05) is 23.8 Å². The predicted molar refractivity (Wildman–Crippen MR) is 103 cm³/mol. The van der Waals surface area contributed by atoms with Crippen LogP contribution in [-0.4, -0.2) is 61.7 Å². The van der Waals surface area contributed by atoms with Gasteiger partial charge in [0.05, 0.1) is 13.1 Å². The third-order valence-corrected chi connectivity index (χ3v) is 4.43. The first-order valence-electron chi connectivity index (χ1n) is 9.05. The third kappa shape index (κ3) is 5.46. The molecular formula is C20H26N4O2. The van der Waals surface area contributed by atoms with E-state index in [4.69, 9.17) is 4.74 Å². The van der Waals surface area contributed by atoms with Gasteiger partial charge in [-0.25, -0.2) is 4.98 Å². The van der Waals surface area contributed by atoms with E-state index in [1.54, 1.807) is 0 Å². The Morgan fingerprint density at radius 2 is 1.88 bits per heavy atom. The van der Waals surface area contributed by atoms with Crippen molar-refractivity contribution in [3.63, 3.8) is 0 Å². The molecule has 1 fully saturated rings. The average Bonchev–Trinajstić information content (AvgIpc) is 2.68. The highest BCUT2D eigenvalue weighted by molar-refractivity contribution is 5.78. The topological polar surface area (TPSA) is 57.7 Å². The number of aryl methyl sites for hydroxylation is 1. The lowest BCUT2D eigenvalue weighted by Crippen LogP contribution is -2.50. The molecule has 26 heavy (non-hydrogen) atoms. The highest BCUT2D eigenvalue weighted by atomic mass is 16.5. The standard InChI is InChI=1S/C20H26N4O2/c1-17-5-7-18(8-6-17)26-15-10-22-20(25)16-23-11-13-24(14-12-23)19-4-2-3-9-21-19/h2-9H,10-16H2,1H3,(H,22,25). The summed E-state index contributed by atoms with van der Waals surface area (Å²) in [5.74, 6) is 1.88. The van der Waals surface area contributed by atoms with Crippen molar-refractivity contribution >= 4 is 11.7 Å². The van der Waals surface area contributed by atoms with Gasteiger partial charge >= 0.3 is 0 Å². The summed E-state index contributed by atoms with van der Waals surface area (Å²) >= 11 is 0. The lowest BCUT2D eigenvalue weighted by atomic mass is 10.2. The highest BCUT2D eigenvalue weighted by Gasteiger charge is 2.19. The molecule has 1 aromatic carbocycles. The Morgan fingerprint density at radius 3 is 2.58 bits per heavy atom. The van der Waals surface area contributed by atoms with Crippen LogP contribution in [0.3, 0.4) is 0 Å². The van der Waals surface area contributed by atoms with Crippen molar-refractivity contribution in [2.75, 3.05) is 50.8 Å². The number of anilines is 1. The summed E-state index contributed by atoms with van der Waals surface area (Å²) in [6.45, 7) is 6.97. The number of rotatable bonds is 7. The monoisotopic (exact) mass is 354 g/mol. The van der Waals surface area contributed by atoms with Gasteiger partial charge in [-0.05, 0) is 31.2 Å². The lowest BCUT2D eigenvalue weighted by molar-refractivity contribution is -0.122. The molecule has 6 nitrogen and oxygen atoms in total. The summed E-state index contributed by atoms with van der Waals surface area (Å²) in [5, 5.41) is 2.92. The minimum Gasteiger partial charge on any atom is -0.492 e. The molecular weight excluding hydrogens is 328 g/mol. The normalized spacial score (nSPS) is 14.9. The molecule has 0 atom stereocenters. The number of amides is 1. The average molecular weight is 354 g/mol. The number of aromatic nitrogens is 1. The lowest BCUT2D eigenvalue weighted by Gasteiger charge is -2.34. The number of hydrogen-bond donors (Lipinski definition) is 1. The second kappa shape index (κ2) is 9.20. The number of nitrogens with one attached hydrogen (secondary N) is 1. The highest BCUT2D eigenvalue weighted by Crippen LogP contribution is 2.12.